The second kappa shape index (κ2) is 6.51. The van der Waals surface area contributed by atoms with Crippen molar-refractivity contribution in [3.63, 3.8) is 0 Å². The highest BCUT2D eigenvalue weighted by Gasteiger charge is 2.30. The van der Waals surface area contributed by atoms with Gasteiger partial charge >= 0.3 is 0 Å². The Bertz CT molecular complexity index is 659. The van der Waals surface area contributed by atoms with Crippen LogP contribution in [0.1, 0.15) is 24.0 Å². The predicted molar refractivity (Wildman–Crippen MR) is 82.7 cm³/mol. The van der Waals surface area contributed by atoms with Crippen LogP contribution in [0.4, 0.5) is 0 Å². The molecule has 0 atom stereocenters. The number of aryl methyl sites for hydroxylation is 1. The minimum atomic E-state index is -0.0413. The average Bonchev–Trinajstić information content (AvgIpc) is 2.97. The number of amides is 1. The van der Waals surface area contributed by atoms with Crippen molar-refractivity contribution in [1.29, 1.82) is 0 Å². The molecule has 0 radical (unpaired) electrons. The largest absolute Gasteiger partial charge is 0.350 e. The van der Waals surface area contributed by atoms with Gasteiger partial charge in [-0.05, 0) is 49.0 Å². The molecule has 0 bridgehead atoms. The molecular weight excluding hydrogens is 278 g/mol. The maximum absolute atomic E-state index is 11.9. The summed E-state index contributed by atoms with van der Waals surface area (Å²) in [6.07, 6.45) is 12.2. The third-order valence-corrected chi connectivity index (χ3v) is 3.97. The van der Waals surface area contributed by atoms with Gasteiger partial charge in [0, 0.05) is 31.1 Å². The van der Waals surface area contributed by atoms with Crippen molar-refractivity contribution in [3.8, 4) is 0 Å². The van der Waals surface area contributed by atoms with Crippen LogP contribution in [-0.2, 0) is 11.3 Å². The summed E-state index contributed by atoms with van der Waals surface area (Å²) < 4.78 is 1.84. The molecular formula is C16H19N5O. The molecule has 1 fully saturated rings. The van der Waals surface area contributed by atoms with E-state index in [1.54, 1.807) is 31.1 Å². The van der Waals surface area contributed by atoms with Crippen molar-refractivity contribution in [3.05, 3.63) is 48.3 Å². The monoisotopic (exact) mass is 297 g/mol. The number of pyridine rings is 1. The summed E-state index contributed by atoms with van der Waals surface area (Å²) in [5.41, 5.74) is 2.07. The summed E-state index contributed by atoms with van der Waals surface area (Å²) in [5, 5.41) is 7.13. The van der Waals surface area contributed by atoms with E-state index in [4.69, 9.17) is 0 Å². The van der Waals surface area contributed by atoms with Gasteiger partial charge in [-0.1, -0.05) is 0 Å². The Balaban J connectivity index is 1.43. The third kappa shape index (κ3) is 3.58. The van der Waals surface area contributed by atoms with E-state index in [9.17, 15) is 4.79 Å². The van der Waals surface area contributed by atoms with E-state index in [1.807, 2.05) is 23.7 Å². The fourth-order valence-corrected chi connectivity index (χ4v) is 2.68. The lowest BCUT2D eigenvalue weighted by molar-refractivity contribution is -0.118. The Labute approximate surface area is 129 Å². The van der Waals surface area contributed by atoms with Gasteiger partial charge in [0.25, 0.3) is 0 Å². The van der Waals surface area contributed by atoms with E-state index in [0.717, 1.165) is 30.5 Å². The van der Waals surface area contributed by atoms with Crippen LogP contribution in [0, 0.1) is 12.8 Å². The van der Waals surface area contributed by atoms with Crippen molar-refractivity contribution >= 4 is 12.0 Å². The zero-order valence-electron chi connectivity index (χ0n) is 12.5. The van der Waals surface area contributed by atoms with Crippen molar-refractivity contribution in [2.45, 2.75) is 32.4 Å². The molecule has 114 valence electrons. The Morgan fingerprint density at radius 1 is 1.45 bits per heavy atom. The number of nitrogens with one attached hydrogen (secondary N) is 1. The molecule has 0 saturated heterocycles. The van der Waals surface area contributed by atoms with Gasteiger partial charge < -0.3 is 5.32 Å². The molecule has 1 N–H and O–H groups in total. The Kier molecular flexibility index (Phi) is 4.27. The molecule has 0 unspecified atom stereocenters. The number of aromatic nitrogens is 4. The van der Waals surface area contributed by atoms with E-state index >= 15 is 0 Å². The highest BCUT2D eigenvalue weighted by molar-refractivity contribution is 5.92. The van der Waals surface area contributed by atoms with Crippen LogP contribution in [0.25, 0.3) is 6.08 Å². The number of carbonyl (C=O) groups is 1. The molecule has 2 heterocycles. The average molecular weight is 297 g/mol. The van der Waals surface area contributed by atoms with Crippen LogP contribution in [0.2, 0.25) is 0 Å². The first-order valence-corrected chi connectivity index (χ1v) is 7.42. The standard InChI is InChI=1S/C16H19N5O/c1-12-8-17-5-4-14(12)2-3-16(22)20-15-6-13(7-15)9-21-11-18-10-19-21/h2-5,8,10-11,13,15H,6-7,9H2,1H3,(H,20,22)/b3-2+. The summed E-state index contributed by atoms with van der Waals surface area (Å²) in [4.78, 5) is 19.9. The van der Waals surface area contributed by atoms with Gasteiger partial charge in [0.2, 0.25) is 5.91 Å². The Morgan fingerprint density at radius 2 is 2.32 bits per heavy atom. The minimum absolute atomic E-state index is 0.0413. The Hall–Kier alpha value is -2.50. The predicted octanol–water partition coefficient (Wildman–Crippen LogP) is 1.59. The number of hydrogen-bond donors (Lipinski definition) is 1. The van der Waals surface area contributed by atoms with E-state index in [2.05, 4.69) is 20.4 Å². The SMILES string of the molecule is Cc1cnccc1/C=C/C(=O)NC1CC(Cn2cncn2)C1. The van der Waals surface area contributed by atoms with Gasteiger partial charge in [-0.3, -0.25) is 14.5 Å². The fourth-order valence-electron chi connectivity index (χ4n) is 2.68. The number of rotatable bonds is 5. The first-order valence-electron chi connectivity index (χ1n) is 7.42. The van der Waals surface area contributed by atoms with Crippen molar-refractivity contribution < 1.29 is 4.79 Å². The van der Waals surface area contributed by atoms with Gasteiger partial charge in [-0.2, -0.15) is 5.10 Å². The molecule has 3 rings (SSSR count). The highest BCUT2D eigenvalue weighted by Crippen LogP contribution is 2.28. The van der Waals surface area contributed by atoms with Crippen LogP contribution >= 0.6 is 0 Å². The molecule has 0 aliphatic heterocycles. The summed E-state index contributed by atoms with van der Waals surface area (Å²) >= 11 is 0. The molecule has 22 heavy (non-hydrogen) atoms. The lowest BCUT2D eigenvalue weighted by Crippen LogP contribution is -2.44. The summed E-state index contributed by atoms with van der Waals surface area (Å²) in [5.74, 6) is 0.527. The van der Waals surface area contributed by atoms with Crippen LogP contribution < -0.4 is 5.32 Å². The smallest absolute Gasteiger partial charge is 0.244 e. The molecule has 1 aliphatic rings. The zero-order valence-corrected chi connectivity index (χ0v) is 12.5. The molecule has 6 heteroatoms. The molecule has 1 saturated carbocycles. The zero-order chi connectivity index (χ0) is 15.4. The van der Waals surface area contributed by atoms with Gasteiger partial charge in [0.15, 0.2) is 0 Å². The molecule has 1 aliphatic carbocycles. The van der Waals surface area contributed by atoms with Crippen molar-refractivity contribution in [1.82, 2.24) is 25.1 Å². The quantitative estimate of drug-likeness (QED) is 0.851. The van der Waals surface area contributed by atoms with Crippen LogP contribution in [0.15, 0.2) is 37.2 Å². The molecule has 0 aromatic carbocycles. The number of hydrogen-bond acceptors (Lipinski definition) is 4. The first-order chi connectivity index (χ1) is 10.7. The van der Waals surface area contributed by atoms with Crippen LogP contribution in [0.5, 0.6) is 0 Å². The first kappa shape index (κ1) is 14.4. The summed E-state index contributed by atoms with van der Waals surface area (Å²) in [7, 11) is 0. The van der Waals surface area contributed by atoms with E-state index in [0.29, 0.717) is 5.92 Å². The topological polar surface area (TPSA) is 72.7 Å². The highest BCUT2D eigenvalue weighted by atomic mass is 16.1. The lowest BCUT2D eigenvalue weighted by atomic mass is 9.80. The normalized spacial score (nSPS) is 20.8. The van der Waals surface area contributed by atoms with Crippen LogP contribution in [0.3, 0.4) is 0 Å². The maximum Gasteiger partial charge on any atom is 0.244 e. The second-order valence-electron chi connectivity index (χ2n) is 5.73. The second-order valence-corrected chi connectivity index (χ2v) is 5.73. The minimum Gasteiger partial charge on any atom is -0.350 e. The van der Waals surface area contributed by atoms with Crippen molar-refractivity contribution in [2.24, 2.45) is 5.92 Å². The maximum atomic E-state index is 11.9. The third-order valence-electron chi connectivity index (χ3n) is 3.97. The van der Waals surface area contributed by atoms with E-state index in [-0.39, 0.29) is 11.9 Å². The summed E-state index contributed by atoms with van der Waals surface area (Å²) in [6.45, 7) is 2.85. The number of nitrogens with zero attached hydrogens (tertiary/aromatic N) is 4. The lowest BCUT2D eigenvalue weighted by Gasteiger charge is -2.35. The molecule has 6 nitrogen and oxygen atoms in total. The van der Waals surface area contributed by atoms with Gasteiger partial charge in [0.1, 0.15) is 12.7 Å². The van der Waals surface area contributed by atoms with Crippen molar-refractivity contribution in [2.75, 3.05) is 0 Å². The molecule has 2 aromatic rings. The fraction of sp³-hybridized carbons (Fsp3) is 0.375. The van der Waals surface area contributed by atoms with Gasteiger partial charge in [-0.25, -0.2) is 4.98 Å². The summed E-state index contributed by atoms with van der Waals surface area (Å²) in [6, 6.07) is 2.17. The van der Waals surface area contributed by atoms with E-state index in [1.165, 1.54) is 0 Å². The van der Waals surface area contributed by atoms with Gasteiger partial charge in [0.05, 0.1) is 0 Å². The Morgan fingerprint density at radius 3 is 3.05 bits per heavy atom. The molecule has 1 amide bonds. The van der Waals surface area contributed by atoms with Crippen LogP contribution in [-0.4, -0.2) is 31.7 Å². The van der Waals surface area contributed by atoms with E-state index < -0.39 is 0 Å². The number of carbonyl (C=O) groups excluding carboxylic acids is 1. The van der Waals surface area contributed by atoms with Gasteiger partial charge in [-0.15, -0.1) is 0 Å². The molecule has 2 aromatic heterocycles. The molecule has 0 spiro atoms.